The van der Waals surface area contributed by atoms with Crippen molar-refractivity contribution < 1.29 is 4.92 Å². The van der Waals surface area contributed by atoms with Crippen LogP contribution in [0.4, 0.5) is 11.4 Å². The average molecular weight is 340 g/mol. The molecule has 5 nitrogen and oxygen atoms in total. The van der Waals surface area contributed by atoms with Gasteiger partial charge in [0.15, 0.2) is 0 Å². The van der Waals surface area contributed by atoms with E-state index in [-0.39, 0.29) is 10.6 Å². The van der Waals surface area contributed by atoms with Crippen molar-refractivity contribution in [2.45, 2.75) is 24.2 Å². The van der Waals surface area contributed by atoms with Crippen LogP contribution in [0.2, 0.25) is 0 Å². The maximum atomic E-state index is 11.0. The Labute approximate surface area is 126 Å². The molecule has 1 aromatic carbocycles. The van der Waals surface area contributed by atoms with Gasteiger partial charge in [-0.2, -0.15) is 0 Å². The van der Waals surface area contributed by atoms with Crippen molar-refractivity contribution in [3.8, 4) is 0 Å². The van der Waals surface area contributed by atoms with Crippen LogP contribution < -0.4 is 4.90 Å². The largest absolute Gasteiger partial charge is 0.369 e. The van der Waals surface area contributed by atoms with Gasteiger partial charge in [0, 0.05) is 54.9 Å². The number of rotatable bonds is 4. The highest BCUT2D eigenvalue weighted by molar-refractivity contribution is 9.08. The summed E-state index contributed by atoms with van der Waals surface area (Å²) in [5, 5.41) is 11.5. The molecule has 1 aliphatic carbocycles. The highest BCUT2D eigenvalue weighted by Gasteiger charge is 2.31. The van der Waals surface area contributed by atoms with Gasteiger partial charge in [-0.1, -0.05) is 15.9 Å². The van der Waals surface area contributed by atoms with Crippen LogP contribution in [0.3, 0.4) is 0 Å². The Balaban J connectivity index is 1.72. The number of nitro benzene ring substituents is 1. The zero-order valence-electron chi connectivity index (χ0n) is 11.3. The van der Waals surface area contributed by atoms with Crippen molar-refractivity contribution in [2.75, 3.05) is 31.1 Å². The molecule has 1 saturated carbocycles. The minimum absolute atomic E-state index is 0.197. The molecule has 0 atom stereocenters. The summed E-state index contributed by atoms with van der Waals surface area (Å²) >= 11 is 3.34. The monoisotopic (exact) mass is 339 g/mol. The van der Waals surface area contributed by atoms with Gasteiger partial charge >= 0.3 is 0 Å². The summed E-state index contributed by atoms with van der Waals surface area (Å²) in [6, 6.07) is 6.27. The Hall–Kier alpha value is -1.14. The van der Waals surface area contributed by atoms with Gasteiger partial charge in [0.1, 0.15) is 0 Å². The summed E-state index contributed by atoms with van der Waals surface area (Å²) in [5.41, 5.74) is 2.04. The SMILES string of the molecule is O=[N+]([O-])c1ccc(N2CCN(C3CC3)CC2)cc1CBr. The molecular formula is C14H18BrN3O2. The molecule has 2 aliphatic rings. The number of piperazine rings is 1. The predicted octanol–water partition coefficient (Wildman–Crippen LogP) is 2.77. The third kappa shape index (κ3) is 2.81. The minimum Gasteiger partial charge on any atom is -0.369 e. The third-order valence-corrected chi connectivity index (χ3v) is 4.75. The lowest BCUT2D eigenvalue weighted by atomic mass is 10.1. The summed E-state index contributed by atoms with van der Waals surface area (Å²) in [4.78, 5) is 15.5. The quantitative estimate of drug-likeness (QED) is 0.480. The van der Waals surface area contributed by atoms with Gasteiger partial charge in [0.05, 0.1) is 4.92 Å². The van der Waals surface area contributed by atoms with E-state index in [4.69, 9.17) is 0 Å². The summed E-state index contributed by atoms with van der Waals surface area (Å²) in [6.45, 7) is 4.22. The molecule has 0 amide bonds. The molecule has 1 aliphatic heterocycles. The van der Waals surface area contributed by atoms with Crippen molar-refractivity contribution in [2.24, 2.45) is 0 Å². The Morgan fingerprint density at radius 1 is 1.25 bits per heavy atom. The summed E-state index contributed by atoms with van der Waals surface area (Å²) < 4.78 is 0. The van der Waals surface area contributed by atoms with Crippen LogP contribution in [-0.2, 0) is 5.33 Å². The van der Waals surface area contributed by atoms with Crippen LogP contribution in [-0.4, -0.2) is 42.0 Å². The standard InChI is InChI=1S/C14H18BrN3O2/c15-10-11-9-13(3-4-14(11)18(19)20)17-7-5-16(6-8-17)12-1-2-12/h3-4,9,12H,1-2,5-8,10H2. The fourth-order valence-electron chi connectivity index (χ4n) is 2.84. The van der Waals surface area contributed by atoms with Crippen LogP contribution in [0.25, 0.3) is 0 Å². The van der Waals surface area contributed by atoms with Crippen LogP contribution >= 0.6 is 15.9 Å². The molecule has 3 rings (SSSR count). The molecule has 6 heteroatoms. The third-order valence-electron chi connectivity index (χ3n) is 4.15. The molecule has 108 valence electrons. The minimum atomic E-state index is -0.314. The summed E-state index contributed by atoms with van der Waals surface area (Å²) in [6.07, 6.45) is 2.70. The zero-order chi connectivity index (χ0) is 14.1. The predicted molar refractivity (Wildman–Crippen MR) is 82.5 cm³/mol. The van der Waals surface area contributed by atoms with Gasteiger partial charge in [-0.15, -0.1) is 0 Å². The van der Waals surface area contributed by atoms with E-state index in [1.807, 2.05) is 12.1 Å². The van der Waals surface area contributed by atoms with Crippen LogP contribution in [0, 0.1) is 10.1 Å². The summed E-state index contributed by atoms with van der Waals surface area (Å²) in [5.74, 6) is 0. The second kappa shape index (κ2) is 5.69. The van der Waals surface area contributed by atoms with Crippen molar-refractivity contribution in [3.63, 3.8) is 0 Å². The number of hydrogen-bond acceptors (Lipinski definition) is 4. The fourth-order valence-corrected chi connectivity index (χ4v) is 3.29. The second-order valence-corrected chi connectivity index (χ2v) is 6.02. The van der Waals surface area contributed by atoms with Crippen molar-refractivity contribution in [1.29, 1.82) is 0 Å². The van der Waals surface area contributed by atoms with Crippen LogP contribution in [0.15, 0.2) is 18.2 Å². The molecule has 0 radical (unpaired) electrons. The molecule has 0 bridgehead atoms. The van der Waals surface area contributed by atoms with E-state index in [9.17, 15) is 10.1 Å². The maximum absolute atomic E-state index is 11.0. The fraction of sp³-hybridized carbons (Fsp3) is 0.571. The van der Waals surface area contributed by atoms with Crippen LogP contribution in [0.1, 0.15) is 18.4 Å². The van der Waals surface area contributed by atoms with Gasteiger partial charge in [0.25, 0.3) is 5.69 Å². The first-order valence-corrected chi connectivity index (χ1v) is 8.13. The number of nitro groups is 1. The molecule has 1 saturated heterocycles. The topological polar surface area (TPSA) is 49.6 Å². The van der Waals surface area contributed by atoms with Gasteiger partial charge in [-0.25, -0.2) is 0 Å². The molecule has 0 spiro atoms. The van der Waals surface area contributed by atoms with Gasteiger partial charge in [-0.05, 0) is 25.0 Å². The van der Waals surface area contributed by atoms with E-state index in [0.29, 0.717) is 5.33 Å². The van der Waals surface area contributed by atoms with Crippen molar-refractivity contribution in [1.82, 2.24) is 4.90 Å². The Morgan fingerprint density at radius 3 is 2.50 bits per heavy atom. The maximum Gasteiger partial charge on any atom is 0.273 e. The van der Waals surface area contributed by atoms with Gasteiger partial charge < -0.3 is 4.90 Å². The smallest absolute Gasteiger partial charge is 0.273 e. The van der Waals surface area contributed by atoms with Gasteiger partial charge in [-0.3, -0.25) is 15.0 Å². The lowest BCUT2D eigenvalue weighted by Gasteiger charge is -2.36. The number of alkyl halides is 1. The number of benzene rings is 1. The van der Waals surface area contributed by atoms with Crippen LogP contribution in [0.5, 0.6) is 0 Å². The lowest BCUT2D eigenvalue weighted by molar-refractivity contribution is -0.385. The van der Waals surface area contributed by atoms with E-state index >= 15 is 0 Å². The second-order valence-electron chi connectivity index (χ2n) is 5.46. The molecule has 1 aromatic rings. The molecule has 2 fully saturated rings. The Bertz CT molecular complexity index is 511. The van der Waals surface area contributed by atoms with E-state index in [2.05, 4.69) is 25.7 Å². The Morgan fingerprint density at radius 2 is 1.95 bits per heavy atom. The zero-order valence-corrected chi connectivity index (χ0v) is 12.9. The molecule has 20 heavy (non-hydrogen) atoms. The van der Waals surface area contributed by atoms with Crippen molar-refractivity contribution >= 4 is 27.3 Å². The number of hydrogen-bond donors (Lipinski definition) is 0. The normalized spacial score (nSPS) is 20.1. The highest BCUT2D eigenvalue weighted by Crippen LogP contribution is 2.30. The number of anilines is 1. The lowest BCUT2D eigenvalue weighted by Crippen LogP contribution is -2.47. The summed E-state index contributed by atoms with van der Waals surface area (Å²) in [7, 11) is 0. The van der Waals surface area contributed by atoms with Crippen molar-refractivity contribution in [3.05, 3.63) is 33.9 Å². The first kappa shape index (κ1) is 13.8. The average Bonchev–Trinajstić information content (AvgIpc) is 3.31. The number of nitrogens with zero attached hydrogens (tertiary/aromatic N) is 3. The molecule has 0 N–H and O–H groups in total. The highest BCUT2D eigenvalue weighted by atomic mass is 79.9. The Kier molecular flexibility index (Phi) is 3.94. The molecular weight excluding hydrogens is 322 g/mol. The van der Waals surface area contributed by atoms with E-state index in [1.54, 1.807) is 6.07 Å². The first-order chi connectivity index (χ1) is 9.69. The molecule has 0 aromatic heterocycles. The molecule has 0 unspecified atom stereocenters. The van der Waals surface area contributed by atoms with E-state index < -0.39 is 0 Å². The first-order valence-electron chi connectivity index (χ1n) is 7.01. The molecule has 1 heterocycles. The number of halogens is 1. The van der Waals surface area contributed by atoms with E-state index in [0.717, 1.165) is 43.5 Å². The van der Waals surface area contributed by atoms with Gasteiger partial charge in [0.2, 0.25) is 0 Å². The van der Waals surface area contributed by atoms with E-state index in [1.165, 1.54) is 12.8 Å².